The number of carboxylic acids is 1. The van der Waals surface area contributed by atoms with E-state index in [1.54, 1.807) is 13.8 Å². The van der Waals surface area contributed by atoms with E-state index in [4.69, 9.17) is 5.11 Å². The molecular formula is C12H14FN3O5. The van der Waals surface area contributed by atoms with Crippen molar-refractivity contribution in [2.45, 2.75) is 19.9 Å². The minimum absolute atomic E-state index is 0.111. The Balaban J connectivity index is 3.01. The number of benzene rings is 1. The van der Waals surface area contributed by atoms with Gasteiger partial charge in [-0.15, -0.1) is 0 Å². The smallest absolute Gasteiger partial charge is 0.338 e. The lowest BCUT2D eigenvalue weighted by Gasteiger charge is -2.11. The van der Waals surface area contributed by atoms with Crippen molar-refractivity contribution in [1.82, 2.24) is 5.32 Å². The summed E-state index contributed by atoms with van der Waals surface area (Å²) in [6, 6.07) is 1.19. The number of nitro groups is 1. The summed E-state index contributed by atoms with van der Waals surface area (Å²) >= 11 is 0. The molecule has 21 heavy (non-hydrogen) atoms. The van der Waals surface area contributed by atoms with Gasteiger partial charge in [0.15, 0.2) is 0 Å². The van der Waals surface area contributed by atoms with Crippen molar-refractivity contribution >= 4 is 23.3 Å². The Kier molecular flexibility index (Phi) is 5.17. The van der Waals surface area contributed by atoms with Crippen LogP contribution in [0.15, 0.2) is 12.1 Å². The molecule has 0 radical (unpaired) electrons. The molecule has 114 valence electrons. The summed E-state index contributed by atoms with van der Waals surface area (Å²) in [6.45, 7) is 3.17. The molecule has 1 rings (SSSR count). The Morgan fingerprint density at radius 1 is 1.43 bits per heavy atom. The number of anilines is 1. The second-order valence-corrected chi connectivity index (χ2v) is 4.49. The van der Waals surface area contributed by atoms with E-state index in [1.165, 1.54) is 0 Å². The SMILES string of the molecule is CC(C)NC(=O)CNc1cc(F)c(C(=O)O)cc1[N+](=O)[O-]. The molecule has 0 atom stereocenters. The minimum atomic E-state index is -1.61. The molecule has 1 aromatic rings. The van der Waals surface area contributed by atoms with Gasteiger partial charge in [0.05, 0.1) is 11.5 Å². The van der Waals surface area contributed by atoms with Gasteiger partial charge in [0.25, 0.3) is 5.69 Å². The fourth-order valence-electron chi connectivity index (χ4n) is 1.57. The molecule has 8 nitrogen and oxygen atoms in total. The van der Waals surface area contributed by atoms with Gasteiger partial charge in [-0.05, 0) is 13.8 Å². The van der Waals surface area contributed by atoms with Crippen LogP contribution in [0.4, 0.5) is 15.8 Å². The van der Waals surface area contributed by atoms with Crippen molar-refractivity contribution in [3.8, 4) is 0 Å². The lowest BCUT2D eigenvalue weighted by atomic mass is 10.1. The first-order chi connectivity index (χ1) is 9.72. The summed E-state index contributed by atoms with van der Waals surface area (Å²) < 4.78 is 13.5. The quantitative estimate of drug-likeness (QED) is 0.538. The molecular weight excluding hydrogens is 285 g/mol. The van der Waals surface area contributed by atoms with Crippen molar-refractivity contribution in [2.75, 3.05) is 11.9 Å². The van der Waals surface area contributed by atoms with E-state index >= 15 is 0 Å². The number of hydrogen-bond acceptors (Lipinski definition) is 5. The third-order valence-electron chi connectivity index (χ3n) is 2.40. The highest BCUT2D eigenvalue weighted by Gasteiger charge is 2.22. The van der Waals surface area contributed by atoms with Crippen LogP contribution < -0.4 is 10.6 Å². The van der Waals surface area contributed by atoms with Crippen molar-refractivity contribution in [3.05, 3.63) is 33.6 Å². The highest BCUT2D eigenvalue weighted by atomic mass is 19.1. The third-order valence-corrected chi connectivity index (χ3v) is 2.40. The predicted molar refractivity (Wildman–Crippen MR) is 71.8 cm³/mol. The van der Waals surface area contributed by atoms with Gasteiger partial charge in [-0.1, -0.05) is 0 Å². The number of nitro benzene ring substituents is 1. The number of amides is 1. The van der Waals surface area contributed by atoms with E-state index in [1.807, 2.05) is 0 Å². The zero-order valence-corrected chi connectivity index (χ0v) is 11.3. The van der Waals surface area contributed by atoms with Gasteiger partial charge < -0.3 is 15.7 Å². The van der Waals surface area contributed by atoms with E-state index in [2.05, 4.69) is 10.6 Å². The number of aromatic carboxylic acids is 1. The molecule has 0 aliphatic carbocycles. The molecule has 0 saturated heterocycles. The molecule has 0 aliphatic rings. The summed E-state index contributed by atoms with van der Waals surface area (Å²) in [5.74, 6) is -3.17. The molecule has 9 heteroatoms. The van der Waals surface area contributed by atoms with E-state index in [0.29, 0.717) is 12.1 Å². The van der Waals surface area contributed by atoms with Crippen LogP contribution in [0.1, 0.15) is 24.2 Å². The number of hydrogen-bond donors (Lipinski definition) is 3. The average molecular weight is 299 g/mol. The van der Waals surface area contributed by atoms with Gasteiger partial charge in [0.2, 0.25) is 5.91 Å². The minimum Gasteiger partial charge on any atom is -0.478 e. The van der Waals surface area contributed by atoms with E-state index in [0.717, 1.165) is 0 Å². The molecule has 0 fully saturated rings. The predicted octanol–water partition coefficient (Wildman–Crippen LogP) is 1.37. The number of nitrogens with one attached hydrogen (secondary N) is 2. The van der Waals surface area contributed by atoms with Gasteiger partial charge in [-0.2, -0.15) is 0 Å². The Labute approximate surface area is 119 Å². The Bertz CT molecular complexity index is 589. The van der Waals surface area contributed by atoms with Crippen molar-refractivity contribution < 1.29 is 24.0 Å². The fraction of sp³-hybridized carbons (Fsp3) is 0.333. The van der Waals surface area contributed by atoms with E-state index in [-0.39, 0.29) is 18.3 Å². The van der Waals surface area contributed by atoms with Crippen molar-refractivity contribution in [1.29, 1.82) is 0 Å². The summed E-state index contributed by atoms with van der Waals surface area (Å²) in [7, 11) is 0. The lowest BCUT2D eigenvalue weighted by Crippen LogP contribution is -2.34. The molecule has 0 aliphatic heterocycles. The van der Waals surface area contributed by atoms with Crippen LogP contribution in [-0.4, -0.2) is 34.5 Å². The van der Waals surface area contributed by atoms with Crippen LogP contribution in [0.2, 0.25) is 0 Å². The maximum Gasteiger partial charge on any atom is 0.338 e. The van der Waals surface area contributed by atoms with E-state index in [9.17, 15) is 24.1 Å². The zero-order chi connectivity index (χ0) is 16.2. The summed E-state index contributed by atoms with van der Waals surface area (Å²) in [4.78, 5) is 32.2. The molecule has 0 heterocycles. The normalized spacial score (nSPS) is 10.3. The van der Waals surface area contributed by atoms with Gasteiger partial charge in [-0.25, -0.2) is 9.18 Å². The van der Waals surface area contributed by atoms with Crippen LogP contribution in [0.3, 0.4) is 0 Å². The molecule has 3 N–H and O–H groups in total. The fourth-order valence-corrected chi connectivity index (χ4v) is 1.57. The number of rotatable bonds is 6. The first-order valence-electron chi connectivity index (χ1n) is 5.96. The van der Waals surface area contributed by atoms with Gasteiger partial charge in [-0.3, -0.25) is 14.9 Å². The van der Waals surface area contributed by atoms with Crippen LogP contribution in [0.25, 0.3) is 0 Å². The monoisotopic (exact) mass is 299 g/mol. The summed E-state index contributed by atoms with van der Waals surface area (Å²) in [6.07, 6.45) is 0. The highest BCUT2D eigenvalue weighted by Crippen LogP contribution is 2.27. The van der Waals surface area contributed by atoms with Gasteiger partial charge in [0, 0.05) is 18.2 Å². The largest absolute Gasteiger partial charge is 0.478 e. The Morgan fingerprint density at radius 2 is 2.05 bits per heavy atom. The molecule has 1 aromatic carbocycles. The molecule has 1 amide bonds. The van der Waals surface area contributed by atoms with Crippen molar-refractivity contribution in [2.24, 2.45) is 0 Å². The maximum atomic E-state index is 13.5. The standard InChI is InChI=1S/C12H14FN3O5/c1-6(2)15-11(17)5-14-9-4-8(13)7(12(18)19)3-10(9)16(20)21/h3-4,6,14H,5H2,1-2H3,(H,15,17)(H,18,19). The second-order valence-electron chi connectivity index (χ2n) is 4.49. The first kappa shape index (κ1) is 16.3. The van der Waals surface area contributed by atoms with Crippen LogP contribution >= 0.6 is 0 Å². The molecule has 0 bridgehead atoms. The summed E-state index contributed by atoms with van der Waals surface area (Å²) in [5.41, 5.74) is -1.69. The summed E-state index contributed by atoms with van der Waals surface area (Å²) in [5, 5.41) is 24.6. The maximum absolute atomic E-state index is 13.5. The number of carboxylic acid groups (broad SMARTS) is 1. The van der Waals surface area contributed by atoms with Crippen LogP contribution in [-0.2, 0) is 4.79 Å². The molecule has 0 unspecified atom stereocenters. The topological polar surface area (TPSA) is 122 Å². The third kappa shape index (κ3) is 4.41. The van der Waals surface area contributed by atoms with E-state index < -0.39 is 33.9 Å². The molecule has 0 aromatic heterocycles. The number of halogens is 1. The molecule has 0 spiro atoms. The number of carbonyl (C=O) groups excluding carboxylic acids is 1. The first-order valence-corrected chi connectivity index (χ1v) is 5.96. The Hall–Kier alpha value is -2.71. The number of carbonyl (C=O) groups is 2. The van der Waals surface area contributed by atoms with Crippen molar-refractivity contribution in [3.63, 3.8) is 0 Å². The number of nitrogens with zero attached hydrogens (tertiary/aromatic N) is 1. The van der Waals surface area contributed by atoms with Crippen LogP contribution in [0, 0.1) is 15.9 Å². The Morgan fingerprint density at radius 3 is 2.52 bits per heavy atom. The highest BCUT2D eigenvalue weighted by molar-refractivity contribution is 5.90. The van der Waals surface area contributed by atoms with Gasteiger partial charge >= 0.3 is 5.97 Å². The average Bonchev–Trinajstić information content (AvgIpc) is 2.34. The van der Waals surface area contributed by atoms with Gasteiger partial charge in [0.1, 0.15) is 17.1 Å². The molecule has 0 saturated carbocycles. The van der Waals surface area contributed by atoms with Crippen LogP contribution in [0.5, 0.6) is 0 Å². The second kappa shape index (κ2) is 6.64. The zero-order valence-electron chi connectivity index (χ0n) is 11.3. The lowest BCUT2D eigenvalue weighted by molar-refractivity contribution is -0.384.